The Morgan fingerprint density at radius 3 is 2.11 bits per heavy atom. The van der Waals surface area contributed by atoms with E-state index in [9.17, 15) is 9.59 Å². The van der Waals surface area contributed by atoms with Crippen molar-refractivity contribution in [1.82, 2.24) is 10.1 Å². The van der Waals surface area contributed by atoms with Crippen LogP contribution in [0.25, 0.3) is 11.4 Å². The van der Waals surface area contributed by atoms with Crippen LogP contribution in [-0.2, 0) is 11.2 Å². The number of hydrogen-bond donors (Lipinski definition) is 2. The molecule has 1 heterocycles. The summed E-state index contributed by atoms with van der Waals surface area (Å²) < 4.78 is 9.72. The van der Waals surface area contributed by atoms with Gasteiger partial charge in [0.25, 0.3) is 0 Å². The van der Waals surface area contributed by atoms with E-state index in [0.29, 0.717) is 35.1 Å². The number of carbonyl (C=O) groups excluding carboxylic acids is 2. The quantitative estimate of drug-likeness (QED) is 0.667. The summed E-state index contributed by atoms with van der Waals surface area (Å²) in [7, 11) is 1.31. The van der Waals surface area contributed by atoms with Crippen molar-refractivity contribution < 1.29 is 18.8 Å². The molecule has 2 aromatic carbocycles. The zero-order valence-electron chi connectivity index (χ0n) is 14.9. The number of anilines is 2. The number of urea groups is 1. The highest BCUT2D eigenvalue weighted by molar-refractivity contribution is 6.00. The molecule has 27 heavy (non-hydrogen) atoms. The topological polar surface area (TPSA) is 106 Å². The smallest absolute Gasteiger partial charge is 0.337 e. The number of nitrogens with one attached hydrogen (secondary N) is 2. The minimum Gasteiger partial charge on any atom is -0.465 e. The van der Waals surface area contributed by atoms with Gasteiger partial charge in [-0.05, 0) is 48.5 Å². The molecule has 0 aliphatic rings. The first-order valence-corrected chi connectivity index (χ1v) is 8.28. The number of methoxy groups -OCH3 is 1. The van der Waals surface area contributed by atoms with Crippen molar-refractivity contribution in [3.63, 3.8) is 0 Å². The summed E-state index contributed by atoms with van der Waals surface area (Å²) in [5.74, 6) is 0.650. The summed E-state index contributed by atoms with van der Waals surface area (Å²) in [5, 5.41) is 9.33. The molecule has 138 valence electrons. The summed E-state index contributed by atoms with van der Waals surface area (Å²) in [4.78, 5) is 27.8. The van der Waals surface area contributed by atoms with Crippen LogP contribution in [0.4, 0.5) is 16.2 Å². The minimum atomic E-state index is -0.432. The van der Waals surface area contributed by atoms with E-state index < -0.39 is 12.0 Å². The van der Waals surface area contributed by atoms with E-state index in [2.05, 4.69) is 25.5 Å². The summed E-state index contributed by atoms with van der Waals surface area (Å²) >= 11 is 0. The Kier molecular flexibility index (Phi) is 5.46. The number of aryl methyl sites for hydroxylation is 1. The molecule has 0 saturated heterocycles. The van der Waals surface area contributed by atoms with E-state index in [-0.39, 0.29) is 0 Å². The van der Waals surface area contributed by atoms with Crippen LogP contribution in [0.2, 0.25) is 0 Å². The second-order valence-electron chi connectivity index (χ2n) is 5.59. The van der Waals surface area contributed by atoms with Gasteiger partial charge in [-0.3, -0.25) is 0 Å². The van der Waals surface area contributed by atoms with Crippen molar-refractivity contribution in [3.8, 4) is 11.4 Å². The van der Waals surface area contributed by atoms with Gasteiger partial charge in [0, 0.05) is 23.4 Å². The molecule has 0 spiro atoms. The Balaban J connectivity index is 1.60. The van der Waals surface area contributed by atoms with E-state index in [1.165, 1.54) is 7.11 Å². The number of benzene rings is 2. The van der Waals surface area contributed by atoms with E-state index >= 15 is 0 Å². The third kappa shape index (κ3) is 4.49. The van der Waals surface area contributed by atoms with Crippen LogP contribution in [0.15, 0.2) is 53.1 Å². The van der Waals surface area contributed by atoms with Crippen molar-refractivity contribution in [1.29, 1.82) is 0 Å². The molecule has 0 bridgehead atoms. The fraction of sp³-hybridized carbons (Fsp3) is 0.158. The number of amides is 2. The average Bonchev–Trinajstić information content (AvgIpc) is 3.18. The van der Waals surface area contributed by atoms with Crippen molar-refractivity contribution >= 4 is 23.4 Å². The summed E-state index contributed by atoms with van der Waals surface area (Å²) in [6.45, 7) is 1.94. The fourth-order valence-corrected chi connectivity index (χ4v) is 2.32. The molecule has 8 nitrogen and oxygen atoms in total. The molecule has 0 saturated carbocycles. The standard InChI is InChI=1S/C19H18N4O4/c1-3-16-22-17(23-27-16)12-4-8-14(9-5-12)20-19(25)21-15-10-6-13(7-11-15)18(24)26-2/h4-11H,3H2,1-2H3,(H2,20,21,25). The molecule has 2 N–H and O–H groups in total. The Morgan fingerprint density at radius 1 is 1.00 bits per heavy atom. The highest BCUT2D eigenvalue weighted by Crippen LogP contribution is 2.19. The first-order chi connectivity index (χ1) is 13.1. The van der Waals surface area contributed by atoms with E-state index in [0.717, 1.165) is 5.56 Å². The maximum atomic E-state index is 12.1. The van der Waals surface area contributed by atoms with Gasteiger partial charge in [-0.25, -0.2) is 9.59 Å². The summed E-state index contributed by atoms with van der Waals surface area (Å²) in [5.41, 5.74) is 2.37. The van der Waals surface area contributed by atoms with Crippen molar-refractivity contribution in [3.05, 3.63) is 60.0 Å². The van der Waals surface area contributed by atoms with Crippen LogP contribution in [0.1, 0.15) is 23.2 Å². The van der Waals surface area contributed by atoms with Gasteiger partial charge >= 0.3 is 12.0 Å². The largest absolute Gasteiger partial charge is 0.465 e. The van der Waals surface area contributed by atoms with Gasteiger partial charge in [0.1, 0.15) is 0 Å². The lowest BCUT2D eigenvalue weighted by molar-refractivity contribution is 0.0600. The lowest BCUT2D eigenvalue weighted by atomic mass is 10.2. The maximum Gasteiger partial charge on any atom is 0.337 e. The third-order valence-electron chi connectivity index (χ3n) is 3.74. The predicted octanol–water partition coefficient (Wildman–Crippen LogP) is 3.73. The number of ether oxygens (including phenoxy) is 1. The Hall–Kier alpha value is -3.68. The Labute approximate surface area is 155 Å². The molecule has 0 radical (unpaired) electrons. The first kappa shape index (κ1) is 18.1. The second-order valence-corrected chi connectivity index (χ2v) is 5.59. The van der Waals surface area contributed by atoms with Gasteiger partial charge < -0.3 is 19.9 Å². The highest BCUT2D eigenvalue weighted by Gasteiger charge is 2.09. The van der Waals surface area contributed by atoms with Crippen LogP contribution >= 0.6 is 0 Å². The van der Waals surface area contributed by atoms with Gasteiger partial charge in [0.2, 0.25) is 11.7 Å². The molecule has 0 aliphatic heterocycles. The molecule has 0 unspecified atom stereocenters. The molecule has 1 aromatic heterocycles. The monoisotopic (exact) mass is 366 g/mol. The number of rotatable bonds is 5. The molecule has 3 aromatic rings. The number of esters is 1. The summed E-state index contributed by atoms with van der Waals surface area (Å²) in [6.07, 6.45) is 0.674. The van der Waals surface area contributed by atoms with Crippen LogP contribution in [0.5, 0.6) is 0 Å². The molecular formula is C19H18N4O4. The average molecular weight is 366 g/mol. The molecule has 2 amide bonds. The lowest BCUT2D eigenvalue weighted by Gasteiger charge is -2.08. The number of carbonyl (C=O) groups is 2. The molecule has 0 aliphatic carbocycles. The minimum absolute atomic E-state index is 0.401. The van der Waals surface area contributed by atoms with E-state index in [1.807, 2.05) is 6.92 Å². The maximum absolute atomic E-state index is 12.1. The third-order valence-corrected chi connectivity index (χ3v) is 3.74. The first-order valence-electron chi connectivity index (χ1n) is 8.28. The lowest BCUT2D eigenvalue weighted by Crippen LogP contribution is -2.19. The van der Waals surface area contributed by atoms with E-state index in [1.54, 1.807) is 48.5 Å². The summed E-state index contributed by atoms with van der Waals surface area (Å²) in [6, 6.07) is 13.1. The Bertz CT molecular complexity index is 933. The number of aromatic nitrogens is 2. The predicted molar refractivity (Wildman–Crippen MR) is 99.5 cm³/mol. The number of nitrogens with zero attached hydrogens (tertiary/aromatic N) is 2. The zero-order valence-corrected chi connectivity index (χ0v) is 14.9. The van der Waals surface area contributed by atoms with Crippen molar-refractivity contribution in [2.75, 3.05) is 17.7 Å². The molecule has 0 atom stereocenters. The molecule has 3 rings (SSSR count). The fourth-order valence-electron chi connectivity index (χ4n) is 2.32. The van der Waals surface area contributed by atoms with Crippen LogP contribution < -0.4 is 10.6 Å². The Morgan fingerprint density at radius 2 is 1.59 bits per heavy atom. The van der Waals surface area contributed by atoms with Gasteiger partial charge in [-0.1, -0.05) is 12.1 Å². The normalized spacial score (nSPS) is 10.3. The van der Waals surface area contributed by atoms with Gasteiger partial charge in [-0.2, -0.15) is 4.98 Å². The zero-order chi connectivity index (χ0) is 19.2. The molecule has 0 fully saturated rings. The van der Waals surface area contributed by atoms with Crippen molar-refractivity contribution in [2.24, 2.45) is 0 Å². The van der Waals surface area contributed by atoms with Crippen LogP contribution in [0, 0.1) is 0 Å². The SMILES string of the molecule is CCc1nc(-c2ccc(NC(=O)Nc3ccc(C(=O)OC)cc3)cc2)no1. The van der Waals surface area contributed by atoms with Gasteiger partial charge in [0.05, 0.1) is 12.7 Å². The highest BCUT2D eigenvalue weighted by atomic mass is 16.5. The van der Waals surface area contributed by atoms with Gasteiger partial charge in [0.15, 0.2) is 0 Å². The van der Waals surface area contributed by atoms with Crippen molar-refractivity contribution in [2.45, 2.75) is 13.3 Å². The molecule has 8 heteroatoms. The van der Waals surface area contributed by atoms with Crippen LogP contribution in [0.3, 0.4) is 0 Å². The van der Waals surface area contributed by atoms with Crippen LogP contribution in [-0.4, -0.2) is 29.3 Å². The second kappa shape index (κ2) is 8.13. The van der Waals surface area contributed by atoms with Gasteiger partial charge in [-0.15, -0.1) is 0 Å². The molecular weight excluding hydrogens is 348 g/mol. The van der Waals surface area contributed by atoms with E-state index in [4.69, 9.17) is 4.52 Å². The number of hydrogen-bond acceptors (Lipinski definition) is 6.